The van der Waals surface area contributed by atoms with Gasteiger partial charge in [-0.3, -0.25) is 0 Å². The Kier molecular flexibility index (Phi) is 5.19. The van der Waals surface area contributed by atoms with Crippen molar-refractivity contribution in [1.82, 2.24) is 5.32 Å². The van der Waals surface area contributed by atoms with Crippen LogP contribution in [0, 0.1) is 0 Å². The Balaban J connectivity index is 2.08. The Morgan fingerprint density at radius 1 is 1.60 bits per heavy atom. The predicted molar refractivity (Wildman–Crippen MR) is 63.9 cm³/mol. The van der Waals surface area contributed by atoms with E-state index in [1.165, 1.54) is 5.57 Å². The summed E-state index contributed by atoms with van der Waals surface area (Å²) < 4.78 is 5.28. The quantitative estimate of drug-likeness (QED) is 0.695. The van der Waals surface area contributed by atoms with Crippen molar-refractivity contribution in [2.45, 2.75) is 39.2 Å². The Morgan fingerprint density at radius 3 is 3.00 bits per heavy atom. The Bertz CT molecular complexity index is 277. The van der Waals surface area contributed by atoms with Crippen LogP contribution in [-0.2, 0) is 6.42 Å². The molecule has 1 heterocycles. The van der Waals surface area contributed by atoms with Crippen LogP contribution in [0.1, 0.15) is 32.4 Å². The maximum atomic E-state index is 5.28. The molecule has 0 amide bonds. The van der Waals surface area contributed by atoms with Gasteiger partial charge in [0, 0.05) is 12.5 Å². The van der Waals surface area contributed by atoms with Gasteiger partial charge in [0.25, 0.3) is 0 Å². The summed E-state index contributed by atoms with van der Waals surface area (Å²) in [7, 11) is 0. The fourth-order valence-corrected chi connectivity index (χ4v) is 1.45. The van der Waals surface area contributed by atoms with Crippen molar-refractivity contribution >= 4 is 0 Å². The summed E-state index contributed by atoms with van der Waals surface area (Å²) >= 11 is 0. The van der Waals surface area contributed by atoms with Gasteiger partial charge in [0.1, 0.15) is 5.76 Å². The normalized spacial score (nSPS) is 12.7. The molecule has 0 saturated heterocycles. The van der Waals surface area contributed by atoms with Crippen molar-refractivity contribution in [1.29, 1.82) is 0 Å². The molecule has 0 aliphatic carbocycles. The summed E-state index contributed by atoms with van der Waals surface area (Å²) in [6.07, 6.45) is 4.91. The van der Waals surface area contributed by atoms with Gasteiger partial charge in [-0.1, -0.05) is 5.57 Å². The second-order valence-corrected chi connectivity index (χ2v) is 4.18. The molecule has 1 aromatic rings. The number of hydrogen-bond donors (Lipinski definition) is 1. The molecule has 1 aromatic heterocycles. The molecule has 0 aromatic carbocycles. The van der Waals surface area contributed by atoms with Gasteiger partial charge in [-0.05, 0) is 45.4 Å². The van der Waals surface area contributed by atoms with E-state index in [4.69, 9.17) is 4.42 Å². The smallest absolute Gasteiger partial charge is 0.103 e. The maximum Gasteiger partial charge on any atom is 0.103 e. The number of aryl methyl sites for hydroxylation is 1. The van der Waals surface area contributed by atoms with Crippen LogP contribution in [0.5, 0.6) is 0 Å². The summed E-state index contributed by atoms with van der Waals surface area (Å²) in [5.74, 6) is 1.07. The molecule has 0 spiro atoms. The van der Waals surface area contributed by atoms with Gasteiger partial charge < -0.3 is 9.73 Å². The fourth-order valence-electron chi connectivity index (χ4n) is 1.45. The lowest BCUT2D eigenvalue weighted by Gasteiger charge is -2.12. The van der Waals surface area contributed by atoms with Crippen molar-refractivity contribution in [3.05, 3.63) is 36.3 Å². The zero-order chi connectivity index (χ0) is 11.1. The molecule has 1 atom stereocenters. The molecular weight excluding hydrogens is 186 g/mol. The first kappa shape index (κ1) is 12.1. The van der Waals surface area contributed by atoms with Gasteiger partial charge in [0.2, 0.25) is 0 Å². The van der Waals surface area contributed by atoms with E-state index in [0.717, 1.165) is 31.6 Å². The summed E-state index contributed by atoms with van der Waals surface area (Å²) in [5, 5.41) is 3.47. The van der Waals surface area contributed by atoms with Crippen molar-refractivity contribution < 1.29 is 4.42 Å². The van der Waals surface area contributed by atoms with Crippen LogP contribution in [0.25, 0.3) is 0 Å². The van der Waals surface area contributed by atoms with Gasteiger partial charge in [-0.25, -0.2) is 0 Å². The molecule has 0 saturated carbocycles. The van der Waals surface area contributed by atoms with Gasteiger partial charge in [0.15, 0.2) is 0 Å². The van der Waals surface area contributed by atoms with Crippen LogP contribution >= 0.6 is 0 Å². The van der Waals surface area contributed by atoms with Gasteiger partial charge in [0.05, 0.1) is 6.26 Å². The second-order valence-electron chi connectivity index (χ2n) is 4.18. The van der Waals surface area contributed by atoms with Crippen LogP contribution in [0.2, 0.25) is 0 Å². The first-order valence-corrected chi connectivity index (χ1v) is 5.58. The molecule has 0 fully saturated rings. The average Bonchev–Trinajstić information content (AvgIpc) is 2.66. The van der Waals surface area contributed by atoms with Crippen molar-refractivity contribution in [3.8, 4) is 0 Å². The molecule has 2 heteroatoms. The highest BCUT2D eigenvalue weighted by atomic mass is 16.3. The summed E-state index contributed by atoms with van der Waals surface area (Å²) in [5.41, 5.74) is 1.24. The molecule has 84 valence electrons. The van der Waals surface area contributed by atoms with Crippen molar-refractivity contribution in [2.24, 2.45) is 0 Å². The van der Waals surface area contributed by atoms with Crippen LogP contribution in [0.15, 0.2) is 35.0 Å². The SMILES string of the molecule is C=C(C)CCNC(C)CCc1ccco1. The van der Waals surface area contributed by atoms with Crippen LogP contribution in [-0.4, -0.2) is 12.6 Å². The van der Waals surface area contributed by atoms with E-state index < -0.39 is 0 Å². The highest BCUT2D eigenvalue weighted by Crippen LogP contribution is 2.05. The first-order chi connectivity index (χ1) is 7.18. The topological polar surface area (TPSA) is 25.2 Å². The van der Waals surface area contributed by atoms with Crippen molar-refractivity contribution in [2.75, 3.05) is 6.54 Å². The third-order valence-electron chi connectivity index (χ3n) is 2.45. The number of furan rings is 1. The highest BCUT2D eigenvalue weighted by Gasteiger charge is 2.02. The van der Waals surface area contributed by atoms with Crippen LogP contribution in [0.3, 0.4) is 0 Å². The van der Waals surface area contributed by atoms with E-state index in [-0.39, 0.29) is 0 Å². The molecule has 1 unspecified atom stereocenters. The fraction of sp³-hybridized carbons (Fsp3) is 0.538. The minimum Gasteiger partial charge on any atom is -0.469 e. The number of hydrogen-bond acceptors (Lipinski definition) is 2. The summed E-state index contributed by atoms with van der Waals surface area (Å²) in [6, 6.07) is 4.50. The Morgan fingerprint density at radius 2 is 2.40 bits per heavy atom. The zero-order valence-corrected chi connectivity index (χ0v) is 9.75. The average molecular weight is 207 g/mol. The summed E-state index contributed by atoms with van der Waals surface area (Å²) in [6.45, 7) is 9.18. The third kappa shape index (κ3) is 5.43. The largest absolute Gasteiger partial charge is 0.469 e. The van der Waals surface area contributed by atoms with E-state index in [2.05, 4.69) is 25.7 Å². The lowest BCUT2D eigenvalue weighted by Crippen LogP contribution is -2.27. The van der Waals surface area contributed by atoms with E-state index >= 15 is 0 Å². The molecular formula is C13H21NO. The standard InChI is InChI=1S/C13H21NO/c1-11(2)8-9-14-12(3)6-7-13-5-4-10-15-13/h4-5,10,12,14H,1,6-9H2,2-3H3. The molecule has 1 rings (SSSR count). The number of nitrogens with one attached hydrogen (secondary N) is 1. The van der Waals surface area contributed by atoms with E-state index in [9.17, 15) is 0 Å². The predicted octanol–water partition coefficient (Wildman–Crippen LogP) is 3.16. The first-order valence-electron chi connectivity index (χ1n) is 5.58. The van der Waals surface area contributed by atoms with Crippen LogP contribution in [0.4, 0.5) is 0 Å². The molecule has 0 aliphatic heterocycles. The van der Waals surface area contributed by atoms with E-state index in [0.29, 0.717) is 6.04 Å². The van der Waals surface area contributed by atoms with Crippen molar-refractivity contribution in [3.63, 3.8) is 0 Å². The van der Waals surface area contributed by atoms with Crippen LogP contribution < -0.4 is 5.32 Å². The Labute approximate surface area is 92.4 Å². The zero-order valence-electron chi connectivity index (χ0n) is 9.75. The monoisotopic (exact) mass is 207 g/mol. The molecule has 0 bridgehead atoms. The summed E-state index contributed by atoms with van der Waals surface area (Å²) in [4.78, 5) is 0. The molecule has 2 nitrogen and oxygen atoms in total. The molecule has 15 heavy (non-hydrogen) atoms. The second kappa shape index (κ2) is 6.46. The third-order valence-corrected chi connectivity index (χ3v) is 2.45. The van der Waals surface area contributed by atoms with Gasteiger partial charge >= 0.3 is 0 Å². The maximum absolute atomic E-state index is 5.28. The molecule has 0 aliphatic rings. The van der Waals surface area contributed by atoms with E-state index in [1.807, 2.05) is 12.1 Å². The van der Waals surface area contributed by atoms with E-state index in [1.54, 1.807) is 6.26 Å². The number of rotatable bonds is 7. The van der Waals surface area contributed by atoms with Gasteiger partial charge in [-0.2, -0.15) is 0 Å². The molecule has 1 N–H and O–H groups in total. The lowest BCUT2D eigenvalue weighted by atomic mass is 10.1. The molecule has 0 radical (unpaired) electrons. The lowest BCUT2D eigenvalue weighted by molar-refractivity contribution is 0.461. The van der Waals surface area contributed by atoms with Gasteiger partial charge in [-0.15, -0.1) is 6.58 Å². The Hall–Kier alpha value is -1.02. The minimum absolute atomic E-state index is 0.537. The highest BCUT2D eigenvalue weighted by molar-refractivity contribution is 4.98. The minimum atomic E-state index is 0.537.